The first-order chi connectivity index (χ1) is 13.5. The van der Waals surface area contributed by atoms with Crippen molar-refractivity contribution in [2.45, 2.75) is 30.7 Å². The summed E-state index contributed by atoms with van der Waals surface area (Å²) >= 11 is 3.33. The molecule has 0 radical (unpaired) electrons. The van der Waals surface area contributed by atoms with E-state index in [2.05, 4.69) is 49.8 Å². The molecule has 1 N–H and O–H groups in total. The maximum Gasteiger partial charge on any atom is 0.244 e. The predicted molar refractivity (Wildman–Crippen MR) is 115 cm³/mol. The molecule has 0 unspecified atom stereocenters. The number of hydrogen-bond acceptors (Lipinski definition) is 4. The number of nitrogens with zero attached hydrogens (tertiary/aromatic N) is 1. The van der Waals surface area contributed by atoms with Crippen LogP contribution < -0.4 is 9.46 Å². The van der Waals surface area contributed by atoms with Crippen LogP contribution in [0.15, 0.2) is 57.9 Å². The highest BCUT2D eigenvalue weighted by Gasteiger charge is 2.22. The molecule has 0 saturated carbocycles. The van der Waals surface area contributed by atoms with E-state index in [1.807, 2.05) is 6.07 Å². The normalized spacial score (nSPS) is 16.2. The number of nitrogens with one attached hydrogen (secondary N) is 1. The summed E-state index contributed by atoms with van der Waals surface area (Å²) in [6.07, 6.45) is 3.07. The molecule has 0 atom stereocenters. The van der Waals surface area contributed by atoms with E-state index >= 15 is 0 Å². The first-order valence-corrected chi connectivity index (χ1v) is 11.8. The summed E-state index contributed by atoms with van der Waals surface area (Å²) in [6, 6.07) is 15.5. The summed E-state index contributed by atoms with van der Waals surface area (Å²) in [6.45, 7) is 3.56. The molecule has 3 rings (SSSR count). The van der Waals surface area contributed by atoms with Crippen molar-refractivity contribution in [3.8, 4) is 5.75 Å². The van der Waals surface area contributed by atoms with Gasteiger partial charge in [0.25, 0.3) is 0 Å². The number of benzene rings is 2. The molecule has 1 saturated heterocycles. The molecule has 1 aliphatic heterocycles. The van der Waals surface area contributed by atoms with Crippen molar-refractivity contribution in [2.24, 2.45) is 5.92 Å². The SMILES string of the molecule is COc1ccc(Br)cc1S(=O)(=O)NCCC1CCN(Cc2ccccc2)CC1. The lowest BCUT2D eigenvalue weighted by Crippen LogP contribution is -2.34. The highest BCUT2D eigenvalue weighted by Crippen LogP contribution is 2.27. The zero-order chi connectivity index (χ0) is 20.0. The molecular weight excluding hydrogens is 440 g/mol. The average Bonchev–Trinajstić information content (AvgIpc) is 2.70. The lowest BCUT2D eigenvalue weighted by molar-refractivity contribution is 0.173. The molecule has 2 aromatic carbocycles. The third-order valence-corrected chi connectivity index (χ3v) is 7.19. The number of rotatable bonds is 8. The minimum atomic E-state index is -3.59. The van der Waals surface area contributed by atoms with Gasteiger partial charge in [-0.25, -0.2) is 13.1 Å². The van der Waals surface area contributed by atoms with Gasteiger partial charge in [-0.2, -0.15) is 0 Å². The van der Waals surface area contributed by atoms with E-state index in [1.165, 1.54) is 12.7 Å². The number of halogens is 1. The molecule has 5 nitrogen and oxygen atoms in total. The van der Waals surface area contributed by atoms with E-state index in [0.717, 1.165) is 38.9 Å². The van der Waals surface area contributed by atoms with Crippen molar-refractivity contribution in [3.63, 3.8) is 0 Å². The van der Waals surface area contributed by atoms with Gasteiger partial charge in [-0.05, 0) is 62.0 Å². The Morgan fingerprint density at radius 3 is 2.54 bits per heavy atom. The van der Waals surface area contributed by atoms with Crippen LogP contribution in [0.2, 0.25) is 0 Å². The van der Waals surface area contributed by atoms with Gasteiger partial charge >= 0.3 is 0 Å². The maximum atomic E-state index is 12.6. The Labute approximate surface area is 176 Å². The predicted octanol–water partition coefficient (Wildman–Crippen LogP) is 4.04. The molecule has 0 aliphatic carbocycles. The lowest BCUT2D eigenvalue weighted by Gasteiger charge is -2.32. The van der Waals surface area contributed by atoms with Gasteiger partial charge < -0.3 is 4.74 Å². The Morgan fingerprint density at radius 2 is 1.86 bits per heavy atom. The van der Waals surface area contributed by atoms with Crippen LogP contribution in [0.4, 0.5) is 0 Å². The molecule has 1 heterocycles. The maximum absolute atomic E-state index is 12.6. The quantitative estimate of drug-likeness (QED) is 0.637. The molecule has 152 valence electrons. The van der Waals surface area contributed by atoms with Gasteiger partial charge in [-0.3, -0.25) is 4.90 Å². The molecule has 0 spiro atoms. The molecule has 7 heteroatoms. The monoisotopic (exact) mass is 466 g/mol. The van der Waals surface area contributed by atoms with Crippen LogP contribution in [0.5, 0.6) is 5.75 Å². The van der Waals surface area contributed by atoms with Crippen LogP contribution in [0.25, 0.3) is 0 Å². The summed E-state index contributed by atoms with van der Waals surface area (Å²) in [7, 11) is -2.12. The number of piperidine rings is 1. The third-order valence-electron chi connectivity index (χ3n) is 5.22. The average molecular weight is 467 g/mol. The zero-order valence-corrected chi connectivity index (χ0v) is 18.5. The molecule has 2 aromatic rings. The second-order valence-electron chi connectivity index (χ2n) is 7.19. The molecular formula is C21H27BrN2O3S. The van der Waals surface area contributed by atoms with Gasteiger partial charge in [0.15, 0.2) is 0 Å². The second-order valence-corrected chi connectivity index (χ2v) is 9.84. The Kier molecular flexibility index (Phi) is 7.51. The summed E-state index contributed by atoms with van der Waals surface area (Å²) in [5.41, 5.74) is 1.34. The minimum Gasteiger partial charge on any atom is -0.495 e. The summed E-state index contributed by atoms with van der Waals surface area (Å²) < 4.78 is 33.9. The van der Waals surface area contributed by atoms with E-state index in [0.29, 0.717) is 22.7 Å². The lowest BCUT2D eigenvalue weighted by atomic mass is 9.93. The van der Waals surface area contributed by atoms with E-state index in [4.69, 9.17) is 4.74 Å². The van der Waals surface area contributed by atoms with Gasteiger partial charge in [0.05, 0.1) is 7.11 Å². The molecule has 1 fully saturated rings. The van der Waals surface area contributed by atoms with Crippen LogP contribution in [0.1, 0.15) is 24.8 Å². The van der Waals surface area contributed by atoms with Crippen LogP contribution in [-0.4, -0.2) is 40.1 Å². The van der Waals surface area contributed by atoms with Crippen molar-refractivity contribution in [2.75, 3.05) is 26.7 Å². The van der Waals surface area contributed by atoms with Crippen LogP contribution in [0, 0.1) is 5.92 Å². The Hall–Kier alpha value is -1.41. The smallest absolute Gasteiger partial charge is 0.244 e. The summed E-state index contributed by atoms with van der Waals surface area (Å²) in [5.74, 6) is 0.907. The largest absolute Gasteiger partial charge is 0.495 e. The first-order valence-electron chi connectivity index (χ1n) is 9.57. The number of likely N-dealkylation sites (tertiary alicyclic amines) is 1. The van der Waals surface area contributed by atoms with Crippen LogP contribution in [-0.2, 0) is 16.6 Å². The first kappa shape index (κ1) is 21.3. The highest BCUT2D eigenvalue weighted by atomic mass is 79.9. The zero-order valence-electron chi connectivity index (χ0n) is 16.1. The fourth-order valence-electron chi connectivity index (χ4n) is 3.61. The summed E-state index contributed by atoms with van der Waals surface area (Å²) in [5, 5.41) is 0. The topological polar surface area (TPSA) is 58.6 Å². The molecule has 28 heavy (non-hydrogen) atoms. The Balaban J connectivity index is 1.46. The number of sulfonamides is 1. The number of ether oxygens (including phenoxy) is 1. The Bertz CT molecular complexity index is 866. The van der Waals surface area contributed by atoms with Crippen molar-refractivity contribution in [3.05, 3.63) is 58.6 Å². The summed E-state index contributed by atoms with van der Waals surface area (Å²) in [4.78, 5) is 2.64. The third kappa shape index (κ3) is 5.80. The molecule has 0 aromatic heterocycles. The van der Waals surface area contributed by atoms with Gasteiger partial charge in [0.1, 0.15) is 10.6 Å². The van der Waals surface area contributed by atoms with Crippen molar-refractivity contribution in [1.82, 2.24) is 9.62 Å². The van der Waals surface area contributed by atoms with Crippen molar-refractivity contribution >= 4 is 26.0 Å². The van der Waals surface area contributed by atoms with Gasteiger partial charge in [0, 0.05) is 17.6 Å². The highest BCUT2D eigenvalue weighted by molar-refractivity contribution is 9.10. The van der Waals surface area contributed by atoms with E-state index in [9.17, 15) is 8.42 Å². The molecule has 0 amide bonds. The van der Waals surface area contributed by atoms with E-state index < -0.39 is 10.0 Å². The molecule has 1 aliphatic rings. The van der Waals surface area contributed by atoms with Gasteiger partial charge in [-0.15, -0.1) is 0 Å². The number of hydrogen-bond donors (Lipinski definition) is 1. The van der Waals surface area contributed by atoms with E-state index in [1.54, 1.807) is 18.2 Å². The van der Waals surface area contributed by atoms with E-state index in [-0.39, 0.29) is 4.90 Å². The standard InChI is InChI=1S/C21H27BrN2O3S/c1-27-20-8-7-19(22)15-21(20)28(25,26)23-12-9-17-10-13-24(14-11-17)16-18-5-3-2-4-6-18/h2-8,15,17,23H,9-14,16H2,1H3. The Morgan fingerprint density at radius 1 is 1.14 bits per heavy atom. The van der Waals surface area contributed by atoms with Gasteiger partial charge in [0.2, 0.25) is 10.0 Å². The fraction of sp³-hybridized carbons (Fsp3) is 0.429. The van der Waals surface area contributed by atoms with Crippen molar-refractivity contribution in [1.29, 1.82) is 0 Å². The number of methoxy groups -OCH3 is 1. The fourth-order valence-corrected chi connectivity index (χ4v) is 5.36. The van der Waals surface area contributed by atoms with Crippen LogP contribution >= 0.6 is 15.9 Å². The van der Waals surface area contributed by atoms with Crippen molar-refractivity contribution < 1.29 is 13.2 Å². The van der Waals surface area contributed by atoms with Gasteiger partial charge in [-0.1, -0.05) is 46.3 Å². The molecule has 0 bridgehead atoms. The second kappa shape index (κ2) is 9.87. The van der Waals surface area contributed by atoms with Crippen LogP contribution in [0.3, 0.4) is 0 Å². The minimum absolute atomic E-state index is 0.169.